The Bertz CT molecular complexity index is 1630. The molecule has 0 radical (unpaired) electrons. The molecule has 1 aromatic carbocycles. The second-order valence-electron chi connectivity index (χ2n) is 12.1. The van der Waals surface area contributed by atoms with Gasteiger partial charge in [-0.05, 0) is 48.1 Å². The van der Waals surface area contributed by atoms with Crippen molar-refractivity contribution in [1.29, 1.82) is 0 Å². The Labute approximate surface area is 231 Å². The SMILES string of the molecule is C[C@@H]1CN(Cc2cc3c(C4CC4)cn(-c4cccc(C5(Cc6nncn6C)COC5)c4)c(=O)c3[nH]2)CCC1(F)F. The van der Waals surface area contributed by atoms with Gasteiger partial charge in [0.15, 0.2) is 0 Å². The van der Waals surface area contributed by atoms with Crippen LogP contribution in [0.25, 0.3) is 16.6 Å². The molecule has 1 atom stereocenters. The number of aryl methyl sites for hydroxylation is 1. The van der Waals surface area contributed by atoms with E-state index in [2.05, 4.69) is 38.3 Å². The normalized spacial score (nSPS) is 22.4. The number of hydrogen-bond acceptors (Lipinski definition) is 5. The maximum Gasteiger partial charge on any atom is 0.279 e. The second-order valence-corrected chi connectivity index (χ2v) is 12.1. The third-order valence-corrected chi connectivity index (χ3v) is 9.11. The fraction of sp³-hybridized carbons (Fsp3) is 0.500. The number of H-pyrrole nitrogens is 1. The minimum absolute atomic E-state index is 0.103. The van der Waals surface area contributed by atoms with E-state index in [4.69, 9.17) is 4.74 Å². The van der Waals surface area contributed by atoms with Gasteiger partial charge in [-0.15, -0.1) is 10.2 Å². The van der Waals surface area contributed by atoms with Crippen molar-refractivity contribution in [2.24, 2.45) is 13.0 Å². The number of fused-ring (bicyclic) bond motifs is 1. The third kappa shape index (κ3) is 4.37. The largest absolute Gasteiger partial charge is 0.379 e. The van der Waals surface area contributed by atoms with Gasteiger partial charge < -0.3 is 14.3 Å². The summed E-state index contributed by atoms with van der Waals surface area (Å²) < 4.78 is 37.4. The average Bonchev–Trinajstić information content (AvgIpc) is 3.54. The number of likely N-dealkylation sites (tertiary alicyclic amines) is 1. The van der Waals surface area contributed by atoms with Crippen molar-refractivity contribution in [3.05, 3.63) is 75.9 Å². The van der Waals surface area contributed by atoms with Gasteiger partial charge >= 0.3 is 0 Å². The zero-order valence-corrected chi connectivity index (χ0v) is 22.9. The summed E-state index contributed by atoms with van der Waals surface area (Å²) in [5.41, 5.74) is 4.26. The van der Waals surface area contributed by atoms with Crippen LogP contribution in [0.3, 0.4) is 0 Å². The predicted octanol–water partition coefficient (Wildman–Crippen LogP) is 4.31. The number of piperidine rings is 1. The lowest BCUT2D eigenvalue weighted by atomic mass is 9.75. The maximum atomic E-state index is 14.0. The fourth-order valence-corrected chi connectivity index (χ4v) is 6.32. The highest BCUT2D eigenvalue weighted by Crippen LogP contribution is 2.43. The van der Waals surface area contributed by atoms with Gasteiger partial charge in [-0.2, -0.15) is 0 Å². The molecule has 1 saturated carbocycles. The number of hydrogen-bond donors (Lipinski definition) is 1. The van der Waals surface area contributed by atoms with Gasteiger partial charge in [-0.25, -0.2) is 8.78 Å². The van der Waals surface area contributed by atoms with Crippen molar-refractivity contribution in [2.75, 3.05) is 26.3 Å². The average molecular weight is 549 g/mol. The molecular weight excluding hydrogens is 514 g/mol. The lowest BCUT2D eigenvalue weighted by Gasteiger charge is -2.41. The number of ether oxygens (including phenoxy) is 1. The van der Waals surface area contributed by atoms with Crippen LogP contribution in [0, 0.1) is 5.92 Å². The van der Waals surface area contributed by atoms with E-state index >= 15 is 0 Å². The Balaban J connectivity index is 1.24. The Morgan fingerprint density at radius 1 is 1.20 bits per heavy atom. The number of halogens is 2. The van der Waals surface area contributed by atoms with Crippen LogP contribution in [0.4, 0.5) is 8.78 Å². The molecule has 5 heterocycles. The van der Waals surface area contributed by atoms with Crippen LogP contribution >= 0.6 is 0 Å². The Hall–Kier alpha value is -3.37. The minimum Gasteiger partial charge on any atom is -0.379 e. The van der Waals surface area contributed by atoms with E-state index in [1.54, 1.807) is 17.8 Å². The van der Waals surface area contributed by atoms with E-state index in [-0.39, 0.29) is 17.4 Å². The maximum absolute atomic E-state index is 14.0. The number of benzene rings is 1. The van der Waals surface area contributed by atoms with E-state index in [0.29, 0.717) is 50.7 Å². The number of aromatic nitrogens is 5. The Kier molecular flexibility index (Phi) is 5.98. The molecule has 2 saturated heterocycles. The van der Waals surface area contributed by atoms with Crippen LogP contribution in [-0.4, -0.2) is 61.4 Å². The molecule has 0 amide bonds. The van der Waals surface area contributed by atoms with Crippen molar-refractivity contribution in [3.63, 3.8) is 0 Å². The molecule has 1 aliphatic carbocycles. The van der Waals surface area contributed by atoms with Crippen LogP contribution in [0.15, 0.2) is 47.7 Å². The molecule has 3 fully saturated rings. The molecule has 3 aromatic heterocycles. The molecular formula is C30H34F2N6O2. The first-order chi connectivity index (χ1) is 19.2. The first kappa shape index (κ1) is 25.6. The van der Waals surface area contributed by atoms with Crippen LogP contribution in [0.5, 0.6) is 0 Å². The molecule has 8 nitrogen and oxygen atoms in total. The first-order valence-electron chi connectivity index (χ1n) is 14.1. The molecule has 40 heavy (non-hydrogen) atoms. The van der Waals surface area contributed by atoms with E-state index in [1.807, 2.05) is 29.9 Å². The standard InChI is InChI=1S/C30H34F2N6O2/c1-19-13-37(9-8-30(19,31)32)14-22-11-24-25(20-6-7-20)15-38(28(39)27(24)34-22)23-5-3-4-21(10-23)29(16-40-17-29)12-26-35-33-18-36(26)2/h3-5,10-11,15,18-20,34H,6-9,12-14,16-17H2,1-2H3/t19-/m1/s1. The molecule has 3 aliphatic rings. The molecule has 0 spiro atoms. The summed E-state index contributed by atoms with van der Waals surface area (Å²) in [6.07, 6.45) is 6.49. The second kappa shape index (κ2) is 9.34. The Morgan fingerprint density at radius 2 is 2.02 bits per heavy atom. The number of aromatic amines is 1. The van der Waals surface area contributed by atoms with Gasteiger partial charge in [-0.3, -0.25) is 14.3 Å². The van der Waals surface area contributed by atoms with Crippen LogP contribution < -0.4 is 5.56 Å². The van der Waals surface area contributed by atoms with Crippen molar-refractivity contribution in [3.8, 4) is 5.69 Å². The zero-order chi connectivity index (χ0) is 27.6. The number of rotatable bonds is 7. The van der Waals surface area contributed by atoms with Crippen molar-refractivity contribution in [1.82, 2.24) is 29.2 Å². The zero-order valence-electron chi connectivity index (χ0n) is 22.9. The third-order valence-electron chi connectivity index (χ3n) is 9.11. The fourth-order valence-electron chi connectivity index (χ4n) is 6.32. The van der Waals surface area contributed by atoms with Gasteiger partial charge in [0.2, 0.25) is 0 Å². The topological polar surface area (TPSA) is 81.0 Å². The van der Waals surface area contributed by atoms with Gasteiger partial charge in [0, 0.05) is 73.8 Å². The highest BCUT2D eigenvalue weighted by Gasteiger charge is 2.42. The summed E-state index contributed by atoms with van der Waals surface area (Å²) in [4.78, 5) is 19.3. The van der Waals surface area contributed by atoms with Crippen LogP contribution in [-0.2, 0) is 30.2 Å². The number of nitrogens with one attached hydrogen (secondary N) is 1. The van der Waals surface area contributed by atoms with Gasteiger partial charge in [0.25, 0.3) is 11.5 Å². The lowest BCUT2D eigenvalue weighted by molar-refractivity contribution is -0.100. The molecule has 0 bridgehead atoms. The van der Waals surface area contributed by atoms with E-state index in [9.17, 15) is 13.6 Å². The monoisotopic (exact) mass is 548 g/mol. The smallest absolute Gasteiger partial charge is 0.279 e. The molecule has 0 unspecified atom stereocenters. The van der Waals surface area contributed by atoms with Gasteiger partial charge in [0.05, 0.1) is 13.2 Å². The number of alkyl halides is 2. The van der Waals surface area contributed by atoms with Crippen molar-refractivity contribution < 1.29 is 13.5 Å². The summed E-state index contributed by atoms with van der Waals surface area (Å²) in [7, 11) is 1.94. The molecule has 4 aromatic rings. The summed E-state index contributed by atoms with van der Waals surface area (Å²) in [6, 6.07) is 10.2. The minimum atomic E-state index is -2.61. The van der Waals surface area contributed by atoms with Crippen molar-refractivity contribution >= 4 is 10.9 Å². The lowest BCUT2D eigenvalue weighted by Crippen LogP contribution is -2.49. The molecule has 7 rings (SSSR count). The Morgan fingerprint density at radius 3 is 2.70 bits per heavy atom. The predicted molar refractivity (Wildman–Crippen MR) is 147 cm³/mol. The number of pyridine rings is 1. The van der Waals surface area contributed by atoms with E-state index in [1.165, 1.54) is 5.56 Å². The summed E-state index contributed by atoms with van der Waals surface area (Å²) in [5, 5.41) is 9.27. The highest BCUT2D eigenvalue weighted by atomic mass is 19.3. The summed E-state index contributed by atoms with van der Waals surface area (Å²) in [5.74, 6) is -1.97. The highest BCUT2D eigenvalue weighted by molar-refractivity contribution is 5.84. The summed E-state index contributed by atoms with van der Waals surface area (Å²) >= 11 is 0. The van der Waals surface area contributed by atoms with Gasteiger partial charge in [0.1, 0.15) is 17.7 Å². The van der Waals surface area contributed by atoms with Crippen LogP contribution in [0.1, 0.15) is 54.7 Å². The van der Waals surface area contributed by atoms with Crippen molar-refractivity contribution in [2.45, 2.75) is 56.4 Å². The van der Waals surface area contributed by atoms with Gasteiger partial charge in [-0.1, -0.05) is 19.1 Å². The molecule has 2 aliphatic heterocycles. The quantitative estimate of drug-likeness (QED) is 0.372. The van der Waals surface area contributed by atoms with Crippen LogP contribution in [0.2, 0.25) is 0 Å². The van der Waals surface area contributed by atoms with E-state index < -0.39 is 11.8 Å². The summed E-state index contributed by atoms with van der Waals surface area (Å²) in [6.45, 7) is 4.01. The molecule has 210 valence electrons. The first-order valence-corrected chi connectivity index (χ1v) is 14.1. The molecule has 1 N–H and O–H groups in total. The number of nitrogens with zero attached hydrogens (tertiary/aromatic N) is 5. The van der Waals surface area contributed by atoms with E-state index in [0.717, 1.165) is 41.0 Å². The molecule has 10 heteroatoms.